The van der Waals surface area contributed by atoms with Crippen molar-refractivity contribution < 1.29 is 14.0 Å². The predicted molar refractivity (Wildman–Crippen MR) is 85.8 cm³/mol. The molecular formula is C18H15FN2O2. The van der Waals surface area contributed by atoms with E-state index in [-0.39, 0.29) is 11.8 Å². The molecule has 0 atom stereocenters. The molecule has 1 N–H and O–H groups in total. The van der Waals surface area contributed by atoms with E-state index in [4.69, 9.17) is 0 Å². The summed E-state index contributed by atoms with van der Waals surface area (Å²) in [6.07, 6.45) is 1.45. The first kappa shape index (κ1) is 15.0. The maximum atomic E-state index is 13.4. The Morgan fingerprint density at radius 1 is 1.13 bits per heavy atom. The van der Waals surface area contributed by atoms with Gasteiger partial charge < -0.3 is 5.32 Å². The van der Waals surface area contributed by atoms with Gasteiger partial charge in [-0.15, -0.1) is 0 Å². The normalized spacial score (nSPS) is 10.7. The van der Waals surface area contributed by atoms with E-state index in [0.29, 0.717) is 23.0 Å². The van der Waals surface area contributed by atoms with E-state index in [1.165, 1.54) is 35.9 Å². The monoisotopic (exact) mass is 310 g/mol. The Balaban J connectivity index is 1.93. The average Bonchev–Trinajstić information content (AvgIpc) is 2.92. The van der Waals surface area contributed by atoms with E-state index in [2.05, 4.69) is 5.32 Å². The molecule has 0 saturated heterocycles. The zero-order valence-corrected chi connectivity index (χ0v) is 12.5. The zero-order chi connectivity index (χ0) is 16.4. The molecule has 0 radical (unpaired) electrons. The highest BCUT2D eigenvalue weighted by Gasteiger charge is 2.17. The lowest BCUT2D eigenvalue weighted by Gasteiger charge is -2.04. The molecule has 116 valence electrons. The van der Waals surface area contributed by atoms with Crippen LogP contribution in [0.3, 0.4) is 0 Å². The molecule has 4 nitrogen and oxygen atoms in total. The van der Waals surface area contributed by atoms with Gasteiger partial charge in [0.05, 0.1) is 11.1 Å². The van der Waals surface area contributed by atoms with Gasteiger partial charge in [0.2, 0.25) is 5.91 Å². The van der Waals surface area contributed by atoms with E-state index in [0.717, 1.165) is 5.56 Å². The molecule has 0 unspecified atom stereocenters. The molecule has 0 saturated carbocycles. The molecule has 23 heavy (non-hydrogen) atoms. The summed E-state index contributed by atoms with van der Waals surface area (Å²) in [6, 6.07) is 13.6. The van der Waals surface area contributed by atoms with E-state index in [9.17, 15) is 14.0 Å². The topological polar surface area (TPSA) is 51.1 Å². The zero-order valence-electron chi connectivity index (χ0n) is 12.5. The van der Waals surface area contributed by atoms with Crippen molar-refractivity contribution in [1.82, 2.24) is 9.88 Å². The van der Waals surface area contributed by atoms with E-state index >= 15 is 0 Å². The van der Waals surface area contributed by atoms with Crippen LogP contribution in [-0.2, 0) is 6.54 Å². The third-order valence-corrected chi connectivity index (χ3v) is 3.65. The highest BCUT2D eigenvalue weighted by Crippen LogP contribution is 2.22. The maximum absolute atomic E-state index is 13.4. The van der Waals surface area contributed by atoms with Gasteiger partial charge in [0.15, 0.2) is 0 Å². The number of hydrogen-bond donors (Lipinski definition) is 1. The predicted octanol–water partition coefficient (Wildman–Crippen LogP) is 3.37. The minimum absolute atomic E-state index is 0.275. The highest BCUT2D eigenvalue weighted by atomic mass is 19.1. The molecule has 5 heteroatoms. The standard InChI is InChI=1S/C18H15FN2O2/c1-12(22)21-11-16(15-8-7-14(19)9-17(15)21)18(23)20-10-13-5-3-2-4-6-13/h2-9,11H,10H2,1H3,(H,20,23). The number of halogens is 1. The molecule has 0 spiro atoms. The van der Waals surface area contributed by atoms with Gasteiger partial charge in [-0.25, -0.2) is 4.39 Å². The molecular weight excluding hydrogens is 295 g/mol. The van der Waals surface area contributed by atoms with Crippen molar-refractivity contribution >= 4 is 22.7 Å². The van der Waals surface area contributed by atoms with Gasteiger partial charge in [-0.3, -0.25) is 14.2 Å². The summed E-state index contributed by atoms with van der Waals surface area (Å²) in [5.74, 6) is -1.03. The molecule has 0 fully saturated rings. The van der Waals surface area contributed by atoms with Gasteiger partial charge in [0.1, 0.15) is 5.82 Å². The molecule has 1 heterocycles. The Kier molecular flexibility index (Phi) is 3.93. The Morgan fingerprint density at radius 3 is 2.57 bits per heavy atom. The third kappa shape index (κ3) is 2.99. The van der Waals surface area contributed by atoms with Crippen LogP contribution in [0, 0.1) is 5.82 Å². The summed E-state index contributed by atoms with van der Waals surface area (Å²) in [5, 5.41) is 3.37. The number of nitrogens with one attached hydrogen (secondary N) is 1. The second-order valence-corrected chi connectivity index (χ2v) is 5.26. The number of nitrogens with zero attached hydrogens (tertiary/aromatic N) is 1. The van der Waals surface area contributed by atoms with Gasteiger partial charge in [-0.2, -0.15) is 0 Å². The molecule has 0 aliphatic rings. The van der Waals surface area contributed by atoms with E-state index in [1.807, 2.05) is 30.3 Å². The molecule has 1 amide bonds. The second-order valence-electron chi connectivity index (χ2n) is 5.26. The van der Waals surface area contributed by atoms with E-state index < -0.39 is 5.82 Å². The first-order valence-electron chi connectivity index (χ1n) is 7.20. The fraction of sp³-hybridized carbons (Fsp3) is 0.111. The van der Waals surface area contributed by atoms with Crippen LogP contribution < -0.4 is 5.32 Å². The minimum Gasteiger partial charge on any atom is -0.348 e. The summed E-state index contributed by atoms with van der Waals surface area (Å²) >= 11 is 0. The minimum atomic E-state index is -0.450. The summed E-state index contributed by atoms with van der Waals surface area (Å²) in [7, 11) is 0. The number of carbonyl (C=O) groups is 2. The summed E-state index contributed by atoms with van der Waals surface area (Å²) in [5.41, 5.74) is 1.72. The van der Waals surface area contributed by atoms with Crippen molar-refractivity contribution in [3.05, 3.63) is 71.7 Å². The Bertz CT molecular complexity index is 885. The molecule has 3 aromatic rings. The van der Waals surface area contributed by atoms with Crippen LogP contribution in [0.4, 0.5) is 4.39 Å². The Labute approximate surface area is 132 Å². The number of carbonyl (C=O) groups excluding carboxylic acids is 2. The number of hydrogen-bond acceptors (Lipinski definition) is 2. The third-order valence-electron chi connectivity index (χ3n) is 3.65. The second kappa shape index (κ2) is 6.04. The average molecular weight is 310 g/mol. The summed E-state index contributed by atoms with van der Waals surface area (Å²) in [4.78, 5) is 24.1. The molecule has 3 rings (SSSR count). The molecule has 0 aliphatic heterocycles. The van der Waals surface area contributed by atoms with Gasteiger partial charge in [-0.1, -0.05) is 30.3 Å². The fourth-order valence-electron chi connectivity index (χ4n) is 2.51. The molecule has 2 aromatic carbocycles. The summed E-state index contributed by atoms with van der Waals surface area (Å²) in [6.45, 7) is 1.75. The van der Waals surface area contributed by atoms with Crippen molar-refractivity contribution in [2.45, 2.75) is 13.5 Å². The highest BCUT2D eigenvalue weighted by molar-refractivity contribution is 6.09. The number of aromatic nitrogens is 1. The maximum Gasteiger partial charge on any atom is 0.253 e. The van der Waals surface area contributed by atoms with E-state index in [1.54, 1.807) is 0 Å². The number of amides is 1. The van der Waals surface area contributed by atoms with Gasteiger partial charge in [0.25, 0.3) is 5.91 Å². The lowest BCUT2D eigenvalue weighted by Crippen LogP contribution is -2.22. The SMILES string of the molecule is CC(=O)n1cc(C(=O)NCc2ccccc2)c2ccc(F)cc21. The van der Waals surface area contributed by atoms with Crippen molar-refractivity contribution in [2.75, 3.05) is 0 Å². The Morgan fingerprint density at radius 2 is 1.87 bits per heavy atom. The number of fused-ring (bicyclic) bond motifs is 1. The van der Waals surface area contributed by atoms with Crippen LogP contribution in [0.5, 0.6) is 0 Å². The largest absolute Gasteiger partial charge is 0.348 e. The van der Waals surface area contributed by atoms with Crippen molar-refractivity contribution in [2.24, 2.45) is 0 Å². The Hall–Kier alpha value is -2.95. The molecule has 1 aromatic heterocycles. The van der Waals surface area contributed by atoms with Crippen LogP contribution in [0.2, 0.25) is 0 Å². The van der Waals surface area contributed by atoms with Gasteiger partial charge in [-0.05, 0) is 23.8 Å². The summed E-state index contributed by atoms with van der Waals surface area (Å²) < 4.78 is 14.7. The van der Waals surface area contributed by atoms with Crippen molar-refractivity contribution in [3.8, 4) is 0 Å². The fourth-order valence-corrected chi connectivity index (χ4v) is 2.51. The van der Waals surface area contributed by atoms with Gasteiger partial charge in [0, 0.05) is 25.1 Å². The van der Waals surface area contributed by atoms with Crippen LogP contribution in [-0.4, -0.2) is 16.4 Å². The first-order valence-corrected chi connectivity index (χ1v) is 7.20. The molecule has 0 bridgehead atoms. The quantitative estimate of drug-likeness (QED) is 0.806. The van der Waals surface area contributed by atoms with Crippen molar-refractivity contribution in [3.63, 3.8) is 0 Å². The van der Waals surface area contributed by atoms with Crippen molar-refractivity contribution in [1.29, 1.82) is 0 Å². The van der Waals surface area contributed by atoms with Crippen LogP contribution in [0.25, 0.3) is 10.9 Å². The lowest BCUT2D eigenvalue weighted by molar-refractivity contribution is 0.0941. The smallest absolute Gasteiger partial charge is 0.253 e. The van der Waals surface area contributed by atoms with Crippen LogP contribution in [0.15, 0.2) is 54.7 Å². The number of benzene rings is 2. The van der Waals surface area contributed by atoms with Crippen LogP contribution >= 0.6 is 0 Å². The van der Waals surface area contributed by atoms with Gasteiger partial charge >= 0.3 is 0 Å². The lowest BCUT2D eigenvalue weighted by atomic mass is 10.1. The van der Waals surface area contributed by atoms with Crippen LogP contribution in [0.1, 0.15) is 27.6 Å². The number of rotatable bonds is 3. The molecule has 0 aliphatic carbocycles. The first-order chi connectivity index (χ1) is 11.1.